The molecule has 5 nitrogen and oxygen atoms in total. The van der Waals surface area contributed by atoms with Gasteiger partial charge in [0.15, 0.2) is 0 Å². The van der Waals surface area contributed by atoms with Crippen molar-refractivity contribution in [2.24, 2.45) is 5.73 Å². The van der Waals surface area contributed by atoms with Gasteiger partial charge in [0, 0.05) is 23.5 Å². The predicted octanol–water partition coefficient (Wildman–Crippen LogP) is 1.34. The number of pyridine rings is 1. The van der Waals surface area contributed by atoms with E-state index in [9.17, 15) is 9.59 Å². The lowest BCUT2D eigenvalue weighted by Crippen LogP contribution is -2.40. The number of aryl methyl sites for hydroxylation is 1. The van der Waals surface area contributed by atoms with Gasteiger partial charge in [-0.05, 0) is 25.5 Å². The summed E-state index contributed by atoms with van der Waals surface area (Å²) in [5, 5.41) is 3.58. The summed E-state index contributed by atoms with van der Waals surface area (Å²) in [6.07, 6.45) is 0. The fourth-order valence-electron chi connectivity index (χ4n) is 2.04. The first-order valence-corrected chi connectivity index (χ1v) is 6.17. The van der Waals surface area contributed by atoms with E-state index in [4.69, 9.17) is 5.73 Å². The molecule has 0 bridgehead atoms. The van der Waals surface area contributed by atoms with Crippen LogP contribution in [0.15, 0.2) is 29.1 Å². The summed E-state index contributed by atoms with van der Waals surface area (Å²) in [4.78, 5) is 26.9. The number of nitrogens with one attached hydrogen (secondary N) is 2. The Morgan fingerprint density at radius 1 is 1.40 bits per heavy atom. The predicted molar refractivity (Wildman–Crippen MR) is 82.5 cm³/mol. The maximum absolute atomic E-state index is 12.1. The van der Waals surface area contributed by atoms with Crippen molar-refractivity contribution in [3.05, 3.63) is 45.7 Å². The second-order valence-corrected chi connectivity index (χ2v) is 4.61. The number of halogens is 1. The summed E-state index contributed by atoms with van der Waals surface area (Å²) in [6, 6.07) is 7.24. The maximum atomic E-state index is 12.1. The Balaban J connectivity index is 0.00000200. The third kappa shape index (κ3) is 3.00. The summed E-state index contributed by atoms with van der Waals surface area (Å²) < 4.78 is 0. The van der Waals surface area contributed by atoms with Gasteiger partial charge in [0.05, 0.1) is 0 Å². The second kappa shape index (κ2) is 6.54. The highest BCUT2D eigenvalue weighted by molar-refractivity contribution is 5.99. The molecule has 0 saturated carbocycles. The van der Waals surface area contributed by atoms with Gasteiger partial charge in [-0.2, -0.15) is 0 Å². The molecule has 0 aliphatic carbocycles. The number of carbonyl (C=O) groups is 1. The average molecular weight is 296 g/mol. The molecule has 20 heavy (non-hydrogen) atoms. The SMILES string of the molecule is Cc1c(C(=O)N[C@@H](C)CN)c(=O)[nH]c2ccccc12.Cl. The number of fused-ring (bicyclic) bond motifs is 1. The van der Waals surface area contributed by atoms with E-state index in [1.807, 2.05) is 24.3 Å². The molecule has 0 unspecified atom stereocenters. The topological polar surface area (TPSA) is 88.0 Å². The zero-order valence-electron chi connectivity index (χ0n) is 11.4. The fourth-order valence-corrected chi connectivity index (χ4v) is 2.04. The number of rotatable bonds is 3. The van der Waals surface area contributed by atoms with Gasteiger partial charge in [-0.25, -0.2) is 0 Å². The molecule has 0 fully saturated rings. The van der Waals surface area contributed by atoms with Crippen molar-refractivity contribution >= 4 is 29.2 Å². The van der Waals surface area contributed by atoms with E-state index in [2.05, 4.69) is 10.3 Å². The number of aromatic nitrogens is 1. The Labute approximate surface area is 123 Å². The first kappa shape index (κ1) is 16.2. The lowest BCUT2D eigenvalue weighted by Gasteiger charge is -2.13. The third-order valence-corrected chi connectivity index (χ3v) is 3.14. The van der Waals surface area contributed by atoms with Crippen LogP contribution in [0.1, 0.15) is 22.8 Å². The van der Waals surface area contributed by atoms with Crippen molar-refractivity contribution in [3.63, 3.8) is 0 Å². The highest BCUT2D eigenvalue weighted by atomic mass is 35.5. The van der Waals surface area contributed by atoms with E-state index in [1.54, 1.807) is 13.8 Å². The molecule has 4 N–H and O–H groups in total. The summed E-state index contributed by atoms with van der Waals surface area (Å²) in [6.45, 7) is 3.90. The molecule has 1 amide bonds. The van der Waals surface area contributed by atoms with Crippen LogP contribution in [0, 0.1) is 6.92 Å². The number of aromatic amines is 1. The van der Waals surface area contributed by atoms with Gasteiger partial charge >= 0.3 is 0 Å². The van der Waals surface area contributed by atoms with E-state index in [0.717, 1.165) is 10.9 Å². The summed E-state index contributed by atoms with van der Waals surface area (Å²) in [5.41, 5.74) is 6.65. The van der Waals surface area contributed by atoms with Crippen molar-refractivity contribution < 1.29 is 4.79 Å². The van der Waals surface area contributed by atoms with E-state index in [0.29, 0.717) is 12.1 Å². The molecule has 1 heterocycles. The quantitative estimate of drug-likeness (QED) is 0.798. The van der Waals surface area contributed by atoms with Gasteiger partial charge in [-0.15, -0.1) is 12.4 Å². The van der Waals surface area contributed by atoms with Crippen LogP contribution in [-0.4, -0.2) is 23.5 Å². The smallest absolute Gasteiger partial charge is 0.261 e. The molecular formula is C14H18ClN3O2. The molecule has 0 radical (unpaired) electrons. The van der Waals surface area contributed by atoms with Crippen LogP contribution in [-0.2, 0) is 0 Å². The van der Waals surface area contributed by atoms with Gasteiger partial charge < -0.3 is 16.0 Å². The molecule has 1 atom stereocenters. The second-order valence-electron chi connectivity index (χ2n) is 4.61. The minimum Gasteiger partial charge on any atom is -0.348 e. The van der Waals surface area contributed by atoms with Crippen LogP contribution in [0.2, 0.25) is 0 Å². The van der Waals surface area contributed by atoms with E-state index in [-0.39, 0.29) is 35.5 Å². The fraction of sp³-hybridized carbons (Fsp3) is 0.286. The highest BCUT2D eigenvalue weighted by Crippen LogP contribution is 2.16. The zero-order chi connectivity index (χ0) is 14.0. The van der Waals surface area contributed by atoms with Crippen molar-refractivity contribution in [1.82, 2.24) is 10.3 Å². The zero-order valence-corrected chi connectivity index (χ0v) is 12.2. The molecule has 2 aromatic rings. The van der Waals surface area contributed by atoms with Gasteiger partial charge in [0.2, 0.25) is 0 Å². The van der Waals surface area contributed by atoms with Gasteiger partial charge in [0.1, 0.15) is 5.56 Å². The van der Waals surface area contributed by atoms with Crippen molar-refractivity contribution in [1.29, 1.82) is 0 Å². The monoisotopic (exact) mass is 295 g/mol. The molecule has 1 aromatic carbocycles. The Kier molecular flexibility index (Phi) is 5.30. The average Bonchev–Trinajstić information content (AvgIpc) is 2.38. The van der Waals surface area contributed by atoms with Crippen molar-refractivity contribution in [2.45, 2.75) is 19.9 Å². The van der Waals surface area contributed by atoms with Crippen LogP contribution < -0.4 is 16.6 Å². The molecule has 0 saturated heterocycles. The number of benzene rings is 1. The van der Waals surface area contributed by atoms with Crippen molar-refractivity contribution in [2.75, 3.05) is 6.54 Å². The first-order chi connectivity index (χ1) is 9.04. The van der Waals surface area contributed by atoms with Gasteiger partial charge in [0.25, 0.3) is 11.5 Å². The standard InChI is InChI=1S/C14H17N3O2.ClH/c1-8(7-15)16-13(18)12-9(2)10-5-3-4-6-11(10)17-14(12)19;/h3-6,8H,7,15H2,1-2H3,(H,16,18)(H,17,19);1H/t8-;/m0./s1. The van der Waals surface area contributed by atoms with E-state index < -0.39 is 0 Å². The third-order valence-electron chi connectivity index (χ3n) is 3.14. The normalized spacial score (nSPS) is 11.8. The highest BCUT2D eigenvalue weighted by Gasteiger charge is 2.17. The molecule has 1 aromatic heterocycles. The number of hydrogen-bond donors (Lipinski definition) is 3. The molecule has 0 aliphatic rings. The minimum absolute atomic E-state index is 0. The molecule has 6 heteroatoms. The Morgan fingerprint density at radius 2 is 2.05 bits per heavy atom. The number of H-pyrrole nitrogens is 1. The molecular weight excluding hydrogens is 278 g/mol. The Bertz CT molecular complexity index is 682. The van der Waals surface area contributed by atoms with Crippen LogP contribution in [0.4, 0.5) is 0 Å². The van der Waals surface area contributed by atoms with E-state index in [1.165, 1.54) is 0 Å². The molecule has 108 valence electrons. The molecule has 0 spiro atoms. The minimum atomic E-state index is -0.387. The number of amides is 1. The summed E-state index contributed by atoms with van der Waals surface area (Å²) in [5.74, 6) is -0.387. The number of nitrogens with two attached hydrogens (primary N) is 1. The largest absolute Gasteiger partial charge is 0.348 e. The Hall–Kier alpha value is -1.85. The van der Waals surface area contributed by atoms with Crippen molar-refractivity contribution in [3.8, 4) is 0 Å². The number of hydrogen-bond acceptors (Lipinski definition) is 3. The van der Waals surface area contributed by atoms with Crippen LogP contribution in [0.3, 0.4) is 0 Å². The Morgan fingerprint density at radius 3 is 2.70 bits per heavy atom. The maximum Gasteiger partial charge on any atom is 0.261 e. The summed E-state index contributed by atoms with van der Waals surface area (Å²) >= 11 is 0. The van der Waals surface area contributed by atoms with E-state index >= 15 is 0 Å². The van der Waals surface area contributed by atoms with Crippen LogP contribution in [0.25, 0.3) is 10.9 Å². The van der Waals surface area contributed by atoms with Crippen LogP contribution in [0.5, 0.6) is 0 Å². The molecule has 2 rings (SSSR count). The summed E-state index contributed by atoms with van der Waals surface area (Å²) in [7, 11) is 0. The lowest BCUT2D eigenvalue weighted by atomic mass is 10.0. The lowest BCUT2D eigenvalue weighted by molar-refractivity contribution is 0.0939. The van der Waals surface area contributed by atoms with Crippen LogP contribution >= 0.6 is 12.4 Å². The first-order valence-electron chi connectivity index (χ1n) is 6.17. The molecule has 0 aliphatic heterocycles. The number of carbonyl (C=O) groups excluding carboxylic acids is 1. The van der Waals surface area contributed by atoms with Gasteiger partial charge in [-0.3, -0.25) is 9.59 Å². The van der Waals surface area contributed by atoms with Gasteiger partial charge in [-0.1, -0.05) is 18.2 Å². The number of para-hydroxylation sites is 1.